The van der Waals surface area contributed by atoms with Gasteiger partial charge >= 0.3 is 0 Å². The lowest BCUT2D eigenvalue weighted by molar-refractivity contribution is 0.414. The van der Waals surface area contributed by atoms with Gasteiger partial charge in [0.2, 0.25) is 5.75 Å². The topological polar surface area (TPSA) is 76.3 Å². The molecule has 19 heavy (non-hydrogen) atoms. The highest BCUT2D eigenvalue weighted by atomic mass is 19.1. The molecule has 0 atom stereocenters. The fourth-order valence-electron chi connectivity index (χ4n) is 1.70. The molecule has 0 saturated heterocycles. The molecule has 1 aromatic carbocycles. The van der Waals surface area contributed by atoms with Gasteiger partial charge in [0.25, 0.3) is 0 Å². The van der Waals surface area contributed by atoms with Crippen molar-refractivity contribution < 1.29 is 9.13 Å². The molecule has 1 aromatic heterocycles. The van der Waals surface area contributed by atoms with Gasteiger partial charge in [0.05, 0.1) is 7.11 Å². The van der Waals surface area contributed by atoms with E-state index in [-0.39, 0.29) is 5.82 Å². The third-order valence-electron chi connectivity index (χ3n) is 2.64. The van der Waals surface area contributed by atoms with E-state index >= 15 is 0 Å². The number of nitrogens with two attached hydrogens (primary N) is 1. The average Bonchev–Trinajstić information content (AvgIpc) is 2.45. The number of rotatable bonds is 4. The van der Waals surface area contributed by atoms with Crippen LogP contribution in [0.1, 0.15) is 0 Å². The van der Waals surface area contributed by atoms with Gasteiger partial charge in [-0.2, -0.15) is 0 Å². The molecule has 2 aromatic rings. The molecule has 2 rings (SSSR count). The first kappa shape index (κ1) is 13.0. The second kappa shape index (κ2) is 5.49. The maximum absolute atomic E-state index is 13.2. The lowest BCUT2D eigenvalue weighted by Gasteiger charge is -2.21. The number of benzene rings is 1. The molecule has 7 heteroatoms. The van der Waals surface area contributed by atoms with E-state index in [4.69, 9.17) is 10.6 Å². The molecule has 3 N–H and O–H groups in total. The molecule has 6 nitrogen and oxygen atoms in total. The minimum absolute atomic E-state index is 0.324. The van der Waals surface area contributed by atoms with Crippen LogP contribution in [0.4, 0.5) is 21.7 Å². The zero-order valence-corrected chi connectivity index (χ0v) is 10.6. The summed E-state index contributed by atoms with van der Waals surface area (Å²) in [5.74, 6) is 6.26. The summed E-state index contributed by atoms with van der Waals surface area (Å²) in [4.78, 5) is 9.77. The number of nitrogens with zero attached hydrogens (tertiary/aromatic N) is 3. The number of anilines is 3. The standard InChI is InChI=1S/C12H14FN5O/c1-18(9-5-3-4-8(13)6-9)12-10(19-2)11(17-14)15-7-16-12/h3-7H,14H2,1-2H3,(H,15,16,17). The smallest absolute Gasteiger partial charge is 0.206 e. The van der Waals surface area contributed by atoms with Gasteiger partial charge < -0.3 is 15.1 Å². The van der Waals surface area contributed by atoms with Crippen molar-refractivity contribution in [3.05, 3.63) is 36.4 Å². The minimum Gasteiger partial charge on any atom is -0.490 e. The van der Waals surface area contributed by atoms with Crippen LogP contribution in [0.2, 0.25) is 0 Å². The predicted molar refractivity (Wildman–Crippen MR) is 70.9 cm³/mol. The molecule has 0 saturated carbocycles. The van der Waals surface area contributed by atoms with Crippen molar-refractivity contribution in [3.63, 3.8) is 0 Å². The molecule has 0 spiro atoms. The summed E-state index contributed by atoms with van der Waals surface area (Å²) in [6.07, 6.45) is 1.35. The third kappa shape index (κ3) is 2.55. The van der Waals surface area contributed by atoms with E-state index in [1.807, 2.05) is 0 Å². The highest BCUT2D eigenvalue weighted by Crippen LogP contribution is 2.34. The second-order valence-corrected chi connectivity index (χ2v) is 3.76. The van der Waals surface area contributed by atoms with Gasteiger partial charge in [-0.1, -0.05) is 6.07 Å². The number of ether oxygens (including phenoxy) is 1. The van der Waals surface area contributed by atoms with Crippen molar-refractivity contribution in [1.29, 1.82) is 0 Å². The summed E-state index contributed by atoms with van der Waals surface area (Å²) in [5.41, 5.74) is 3.07. The van der Waals surface area contributed by atoms with Crippen molar-refractivity contribution in [2.45, 2.75) is 0 Å². The van der Waals surface area contributed by atoms with E-state index in [1.54, 1.807) is 24.1 Å². The quantitative estimate of drug-likeness (QED) is 0.645. The number of halogens is 1. The number of hydrazine groups is 1. The summed E-state index contributed by atoms with van der Waals surface area (Å²) in [7, 11) is 3.24. The Morgan fingerprint density at radius 3 is 2.79 bits per heavy atom. The van der Waals surface area contributed by atoms with E-state index in [9.17, 15) is 4.39 Å². The molecule has 0 fully saturated rings. The van der Waals surface area contributed by atoms with Gasteiger partial charge in [0.15, 0.2) is 11.6 Å². The average molecular weight is 263 g/mol. The molecular formula is C12H14FN5O. The molecule has 1 heterocycles. The Hall–Kier alpha value is -2.41. The Morgan fingerprint density at radius 1 is 1.37 bits per heavy atom. The van der Waals surface area contributed by atoms with Crippen LogP contribution >= 0.6 is 0 Å². The largest absolute Gasteiger partial charge is 0.490 e. The SMILES string of the molecule is COc1c(NN)ncnc1N(C)c1cccc(F)c1. The Bertz CT molecular complexity index is 578. The van der Waals surface area contributed by atoms with E-state index in [0.717, 1.165) is 0 Å². The summed E-state index contributed by atoms with van der Waals surface area (Å²) < 4.78 is 18.5. The highest BCUT2D eigenvalue weighted by Gasteiger charge is 2.16. The monoisotopic (exact) mass is 263 g/mol. The Balaban J connectivity index is 2.46. The lowest BCUT2D eigenvalue weighted by Crippen LogP contribution is -2.16. The fourth-order valence-corrected chi connectivity index (χ4v) is 1.70. The van der Waals surface area contributed by atoms with Gasteiger partial charge in [-0.25, -0.2) is 20.2 Å². The van der Waals surface area contributed by atoms with Crippen LogP contribution in [0.25, 0.3) is 0 Å². The van der Waals surface area contributed by atoms with Crippen molar-refractivity contribution >= 4 is 17.3 Å². The van der Waals surface area contributed by atoms with Crippen LogP contribution in [-0.2, 0) is 0 Å². The van der Waals surface area contributed by atoms with Crippen LogP contribution in [0, 0.1) is 5.82 Å². The van der Waals surface area contributed by atoms with Crippen LogP contribution in [-0.4, -0.2) is 24.1 Å². The predicted octanol–water partition coefficient (Wildman–Crippen LogP) is 1.68. The van der Waals surface area contributed by atoms with Gasteiger partial charge in [0.1, 0.15) is 12.1 Å². The molecule has 0 aliphatic carbocycles. The number of nitrogens with one attached hydrogen (secondary N) is 1. The first-order chi connectivity index (χ1) is 9.17. The Kier molecular flexibility index (Phi) is 3.76. The molecule has 0 aliphatic heterocycles. The Labute approximate surface area is 110 Å². The maximum Gasteiger partial charge on any atom is 0.206 e. The van der Waals surface area contributed by atoms with Gasteiger partial charge in [-0.3, -0.25) is 0 Å². The molecule has 100 valence electrons. The molecule has 0 bridgehead atoms. The van der Waals surface area contributed by atoms with Crippen molar-refractivity contribution in [1.82, 2.24) is 9.97 Å². The van der Waals surface area contributed by atoms with Gasteiger partial charge in [0, 0.05) is 12.7 Å². The highest BCUT2D eigenvalue weighted by molar-refractivity contribution is 5.70. The molecule has 0 radical (unpaired) electrons. The normalized spacial score (nSPS) is 10.1. The van der Waals surface area contributed by atoms with E-state index in [2.05, 4.69) is 15.4 Å². The summed E-state index contributed by atoms with van der Waals surface area (Å²) in [6.45, 7) is 0. The third-order valence-corrected chi connectivity index (χ3v) is 2.64. The van der Waals surface area contributed by atoms with Crippen molar-refractivity contribution in [2.75, 3.05) is 24.5 Å². The van der Waals surface area contributed by atoms with Crippen LogP contribution in [0.5, 0.6) is 5.75 Å². The summed E-state index contributed by atoms with van der Waals surface area (Å²) in [5, 5.41) is 0. The minimum atomic E-state index is -0.324. The zero-order valence-electron chi connectivity index (χ0n) is 10.6. The van der Waals surface area contributed by atoms with E-state index in [1.165, 1.54) is 25.6 Å². The molecule has 0 unspecified atom stereocenters. The molecular weight excluding hydrogens is 249 g/mol. The summed E-state index contributed by atoms with van der Waals surface area (Å²) >= 11 is 0. The van der Waals surface area contributed by atoms with Gasteiger partial charge in [-0.15, -0.1) is 0 Å². The van der Waals surface area contributed by atoms with Crippen LogP contribution in [0.15, 0.2) is 30.6 Å². The number of nitrogen functional groups attached to an aromatic ring is 1. The van der Waals surface area contributed by atoms with Crippen molar-refractivity contribution in [2.24, 2.45) is 5.84 Å². The second-order valence-electron chi connectivity index (χ2n) is 3.76. The zero-order chi connectivity index (χ0) is 13.8. The number of methoxy groups -OCH3 is 1. The number of aromatic nitrogens is 2. The number of hydrogen-bond acceptors (Lipinski definition) is 6. The number of hydrogen-bond donors (Lipinski definition) is 2. The Morgan fingerprint density at radius 2 is 2.16 bits per heavy atom. The first-order valence-corrected chi connectivity index (χ1v) is 5.52. The van der Waals surface area contributed by atoms with E-state index < -0.39 is 0 Å². The fraction of sp³-hybridized carbons (Fsp3) is 0.167. The van der Waals surface area contributed by atoms with Crippen LogP contribution < -0.4 is 20.9 Å². The molecule has 0 aliphatic rings. The van der Waals surface area contributed by atoms with Crippen LogP contribution in [0.3, 0.4) is 0 Å². The lowest BCUT2D eigenvalue weighted by atomic mass is 10.3. The summed E-state index contributed by atoms with van der Waals surface area (Å²) in [6, 6.07) is 6.16. The van der Waals surface area contributed by atoms with E-state index in [0.29, 0.717) is 23.1 Å². The maximum atomic E-state index is 13.2. The molecule has 0 amide bonds. The first-order valence-electron chi connectivity index (χ1n) is 5.52. The van der Waals surface area contributed by atoms with Crippen molar-refractivity contribution in [3.8, 4) is 5.75 Å². The van der Waals surface area contributed by atoms with Gasteiger partial charge in [-0.05, 0) is 18.2 Å².